The number of nitrogens with one attached hydrogen (secondary N) is 1. The predicted octanol–water partition coefficient (Wildman–Crippen LogP) is 1.54. The van der Waals surface area contributed by atoms with Gasteiger partial charge in [-0.2, -0.15) is 0 Å². The van der Waals surface area contributed by atoms with Crippen LogP contribution in [0.2, 0.25) is 0 Å². The number of hydrogen-bond donors (Lipinski definition) is 2. The Balaban J connectivity index is 2.45. The number of nitrogens with zero attached hydrogens (tertiary/aromatic N) is 1. The lowest BCUT2D eigenvalue weighted by Gasteiger charge is -2.10. The minimum atomic E-state index is -1.32. The molecule has 0 saturated heterocycles. The van der Waals surface area contributed by atoms with E-state index >= 15 is 0 Å². The SMILES string of the molecule is CCOc1ccc(-c2ncc(C(=O)O)c(=O)[nH]2)cc1OC. The number of H-pyrrole nitrogens is 1. The Bertz CT molecular complexity index is 724. The van der Waals surface area contributed by atoms with Crippen molar-refractivity contribution < 1.29 is 19.4 Å². The molecule has 0 amide bonds. The van der Waals surface area contributed by atoms with Crippen LogP contribution in [0.3, 0.4) is 0 Å². The van der Waals surface area contributed by atoms with E-state index in [4.69, 9.17) is 14.6 Å². The summed E-state index contributed by atoms with van der Waals surface area (Å²) < 4.78 is 10.6. The summed E-state index contributed by atoms with van der Waals surface area (Å²) in [5.74, 6) is 0.0125. The standard InChI is InChI=1S/C14H14N2O5/c1-3-21-10-5-4-8(6-11(10)20-2)12-15-7-9(14(18)19)13(17)16-12/h4-7H,3H2,1-2H3,(H,18,19)(H,15,16,17). The van der Waals surface area contributed by atoms with Crippen molar-refractivity contribution in [3.05, 3.63) is 40.3 Å². The third-order valence-corrected chi connectivity index (χ3v) is 2.77. The molecule has 1 aromatic heterocycles. The monoisotopic (exact) mass is 290 g/mol. The smallest absolute Gasteiger partial charge is 0.342 e. The van der Waals surface area contributed by atoms with Crippen LogP contribution in [-0.4, -0.2) is 34.8 Å². The summed E-state index contributed by atoms with van der Waals surface area (Å²) in [6, 6.07) is 5.05. The van der Waals surface area contributed by atoms with Crippen molar-refractivity contribution in [2.24, 2.45) is 0 Å². The van der Waals surface area contributed by atoms with Gasteiger partial charge in [-0.1, -0.05) is 0 Å². The summed E-state index contributed by atoms with van der Waals surface area (Å²) in [6.07, 6.45) is 1.03. The highest BCUT2D eigenvalue weighted by atomic mass is 16.5. The Morgan fingerprint density at radius 2 is 2.14 bits per heavy atom. The number of carboxylic acids is 1. The van der Waals surface area contributed by atoms with Gasteiger partial charge in [-0.15, -0.1) is 0 Å². The molecule has 0 spiro atoms. The van der Waals surface area contributed by atoms with Crippen molar-refractivity contribution >= 4 is 5.97 Å². The van der Waals surface area contributed by atoms with Gasteiger partial charge in [0.2, 0.25) is 0 Å². The van der Waals surface area contributed by atoms with Crippen molar-refractivity contribution in [1.82, 2.24) is 9.97 Å². The molecule has 110 valence electrons. The summed E-state index contributed by atoms with van der Waals surface area (Å²) in [7, 11) is 1.51. The highest BCUT2D eigenvalue weighted by Crippen LogP contribution is 2.31. The van der Waals surface area contributed by atoms with E-state index in [0.29, 0.717) is 23.7 Å². The Labute approximate surface area is 120 Å². The molecule has 1 aromatic carbocycles. The van der Waals surface area contributed by atoms with Crippen molar-refractivity contribution in [1.29, 1.82) is 0 Å². The average molecular weight is 290 g/mol. The number of benzene rings is 1. The van der Waals surface area contributed by atoms with Gasteiger partial charge in [0.25, 0.3) is 5.56 Å². The number of hydrogen-bond acceptors (Lipinski definition) is 5. The number of methoxy groups -OCH3 is 1. The topological polar surface area (TPSA) is 102 Å². The summed E-state index contributed by atoms with van der Waals surface area (Å²) in [4.78, 5) is 28.8. The first-order valence-electron chi connectivity index (χ1n) is 6.20. The minimum absolute atomic E-state index is 0.256. The Kier molecular flexibility index (Phi) is 4.22. The van der Waals surface area contributed by atoms with Crippen LogP contribution in [-0.2, 0) is 0 Å². The van der Waals surface area contributed by atoms with Crippen LogP contribution >= 0.6 is 0 Å². The van der Waals surface area contributed by atoms with Gasteiger partial charge in [0.05, 0.1) is 13.7 Å². The zero-order chi connectivity index (χ0) is 15.4. The number of carboxylic acid groups (broad SMARTS) is 1. The van der Waals surface area contributed by atoms with E-state index in [1.54, 1.807) is 18.2 Å². The second-order valence-corrected chi connectivity index (χ2v) is 4.08. The Morgan fingerprint density at radius 3 is 2.71 bits per heavy atom. The second-order valence-electron chi connectivity index (χ2n) is 4.08. The number of aromatic carboxylic acids is 1. The average Bonchev–Trinajstić information content (AvgIpc) is 2.47. The van der Waals surface area contributed by atoms with Crippen LogP contribution in [0.15, 0.2) is 29.2 Å². The van der Waals surface area contributed by atoms with Crippen LogP contribution in [0.1, 0.15) is 17.3 Å². The number of rotatable bonds is 5. The largest absolute Gasteiger partial charge is 0.493 e. The molecule has 0 aliphatic carbocycles. The molecule has 0 aliphatic heterocycles. The maximum Gasteiger partial charge on any atom is 0.342 e. The number of aromatic nitrogens is 2. The summed E-state index contributed by atoms with van der Waals surface area (Å²) >= 11 is 0. The molecule has 7 nitrogen and oxygen atoms in total. The molecule has 0 aliphatic rings. The molecule has 7 heteroatoms. The van der Waals surface area contributed by atoms with Gasteiger partial charge >= 0.3 is 5.97 Å². The molecule has 0 radical (unpaired) electrons. The molecule has 0 fully saturated rings. The first-order valence-corrected chi connectivity index (χ1v) is 6.20. The second kappa shape index (κ2) is 6.08. The van der Waals surface area contributed by atoms with Crippen LogP contribution in [0, 0.1) is 0 Å². The fourth-order valence-corrected chi connectivity index (χ4v) is 1.78. The molecule has 21 heavy (non-hydrogen) atoms. The van der Waals surface area contributed by atoms with E-state index in [0.717, 1.165) is 6.20 Å². The van der Waals surface area contributed by atoms with Crippen molar-refractivity contribution in [3.63, 3.8) is 0 Å². The first-order chi connectivity index (χ1) is 10.1. The quantitative estimate of drug-likeness (QED) is 0.866. The Hall–Kier alpha value is -2.83. The van der Waals surface area contributed by atoms with Gasteiger partial charge in [0, 0.05) is 11.8 Å². The molecular weight excluding hydrogens is 276 g/mol. The van der Waals surface area contributed by atoms with Crippen LogP contribution in [0.25, 0.3) is 11.4 Å². The minimum Gasteiger partial charge on any atom is -0.493 e. The highest BCUT2D eigenvalue weighted by molar-refractivity contribution is 5.86. The van der Waals surface area contributed by atoms with E-state index in [9.17, 15) is 9.59 Å². The van der Waals surface area contributed by atoms with Crippen LogP contribution in [0.5, 0.6) is 11.5 Å². The third kappa shape index (κ3) is 3.02. The summed E-state index contributed by atoms with van der Waals surface area (Å²) in [6.45, 7) is 2.36. The first kappa shape index (κ1) is 14.6. The lowest BCUT2D eigenvalue weighted by molar-refractivity contribution is 0.0694. The maximum atomic E-state index is 11.6. The highest BCUT2D eigenvalue weighted by Gasteiger charge is 2.12. The van der Waals surface area contributed by atoms with Crippen molar-refractivity contribution in [3.8, 4) is 22.9 Å². The number of ether oxygens (including phenoxy) is 2. The molecule has 2 rings (SSSR count). The normalized spacial score (nSPS) is 10.2. The van der Waals surface area contributed by atoms with Crippen molar-refractivity contribution in [2.45, 2.75) is 6.92 Å². The van der Waals surface area contributed by atoms with E-state index in [1.807, 2.05) is 6.92 Å². The predicted molar refractivity (Wildman–Crippen MR) is 75.0 cm³/mol. The fourth-order valence-electron chi connectivity index (χ4n) is 1.78. The summed E-state index contributed by atoms with van der Waals surface area (Å²) in [5.41, 5.74) is -0.527. The van der Waals surface area contributed by atoms with E-state index < -0.39 is 17.1 Å². The number of aromatic amines is 1. The van der Waals surface area contributed by atoms with Crippen LogP contribution in [0.4, 0.5) is 0 Å². The van der Waals surface area contributed by atoms with E-state index in [-0.39, 0.29) is 5.82 Å². The molecule has 0 saturated carbocycles. The summed E-state index contributed by atoms with van der Waals surface area (Å²) in [5, 5.41) is 8.81. The zero-order valence-electron chi connectivity index (χ0n) is 11.5. The molecule has 2 N–H and O–H groups in total. The van der Waals surface area contributed by atoms with Gasteiger partial charge in [-0.05, 0) is 25.1 Å². The van der Waals surface area contributed by atoms with Crippen molar-refractivity contribution in [2.75, 3.05) is 13.7 Å². The molecule has 0 atom stereocenters. The molecule has 2 aromatic rings. The zero-order valence-corrected chi connectivity index (χ0v) is 11.5. The van der Waals surface area contributed by atoms with Gasteiger partial charge in [-0.25, -0.2) is 9.78 Å². The molecule has 0 bridgehead atoms. The Morgan fingerprint density at radius 1 is 1.38 bits per heavy atom. The van der Waals surface area contributed by atoms with Gasteiger partial charge < -0.3 is 19.6 Å². The lowest BCUT2D eigenvalue weighted by Crippen LogP contribution is -2.18. The maximum absolute atomic E-state index is 11.6. The third-order valence-electron chi connectivity index (χ3n) is 2.77. The molecule has 0 unspecified atom stereocenters. The van der Waals surface area contributed by atoms with E-state index in [2.05, 4.69) is 9.97 Å². The van der Waals surface area contributed by atoms with Gasteiger partial charge in [0.15, 0.2) is 11.5 Å². The van der Waals surface area contributed by atoms with Gasteiger partial charge in [-0.3, -0.25) is 4.79 Å². The molecular formula is C14H14N2O5. The van der Waals surface area contributed by atoms with Crippen LogP contribution < -0.4 is 15.0 Å². The number of carbonyl (C=O) groups is 1. The van der Waals surface area contributed by atoms with E-state index in [1.165, 1.54) is 7.11 Å². The lowest BCUT2D eigenvalue weighted by atomic mass is 10.2. The fraction of sp³-hybridized carbons (Fsp3) is 0.214. The van der Waals surface area contributed by atoms with Gasteiger partial charge in [0.1, 0.15) is 11.4 Å². The molecule has 1 heterocycles.